The van der Waals surface area contributed by atoms with Gasteiger partial charge in [0.25, 0.3) is 0 Å². The lowest BCUT2D eigenvalue weighted by molar-refractivity contribution is 0.605. The lowest BCUT2D eigenvalue weighted by Gasteiger charge is -2.05. The lowest BCUT2D eigenvalue weighted by Crippen LogP contribution is -2.06. The molecule has 1 heterocycles. The van der Waals surface area contributed by atoms with Crippen LogP contribution in [0.1, 0.15) is 19.7 Å². The third-order valence-corrected chi connectivity index (χ3v) is 2.13. The number of hydrogen-bond donors (Lipinski definition) is 0. The maximum Gasteiger partial charge on any atom is 0.156 e. The predicted molar refractivity (Wildman–Crippen MR) is 57.7 cm³/mol. The molecule has 0 bridgehead atoms. The number of rotatable bonds is 3. The van der Waals surface area contributed by atoms with Crippen molar-refractivity contribution in [2.24, 2.45) is 5.92 Å². The van der Waals surface area contributed by atoms with Crippen LogP contribution in [-0.2, 0) is 6.42 Å². The Kier molecular flexibility index (Phi) is 2.76. The lowest BCUT2D eigenvalue weighted by atomic mass is 10.1. The summed E-state index contributed by atoms with van der Waals surface area (Å²) in [6.45, 7) is 4.31. The zero-order chi connectivity index (χ0) is 10.7. The van der Waals surface area contributed by atoms with E-state index in [0.29, 0.717) is 5.92 Å². The summed E-state index contributed by atoms with van der Waals surface area (Å²) in [7, 11) is 0. The smallest absolute Gasteiger partial charge is 0.156 e. The third kappa shape index (κ3) is 2.21. The number of aromatic nitrogens is 4. The molecule has 78 valence electrons. The van der Waals surface area contributed by atoms with Crippen molar-refractivity contribution in [3.05, 3.63) is 36.2 Å². The first-order valence-corrected chi connectivity index (χ1v) is 5.10. The molecule has 0 amide bonds. The fraction of sp³-hybridized carbons (Fsp3) is 0.364. The van der Waals surface area contributed by atoms with Crippen molar-refractivity contribution in [2.45, 2.75) is 20.3 Å². The van der Waals surface area contributed by atoms with Crippen molar-refractivity contribution in [3.63, 3.8) is 0 Å². The van der Waals surface area contributed by atoms with Gasteiger partial charge in [0, 0.05) is 6.42 Å². The summed E-state index contributed by atoms with van der Waals surface area (Å²) in [6.07, 6.45) is 0.891. The van der Waals surface area contributed by atoms with Gasteiger partial charge >= 0.3 is 0 Å². The summed E-state index contributed by atoms with van der Waals surface area (Å²) >= 11 is 0. The molecule has 1 aromatic heterocycles. The van der Waals surface area contributed by atoms with Crippen LogP contribution in [0.3, 0.4) is 0 Å². The molecule has 2 aromatic rings. The van der Waals surface area contributed by atoms with E-state index in [2.05, 4.69) is 29.4 Å². The summed E-state index contributed by atoms with van der Waals surface area (Å²) in [5, 5.41) is 11.7. The van der Waals surface area contributed by atoms with E-state index in [0.717, 1.165) is 17.9 Å². The second-order valence-electron chi connectivity index (χ2n) is 3.94. The van der Waals surface area contributed by atoms with Gasteiger partial charge in [0.2, 0.25) is 0 Å². The molecule has 0 fully saturated rings. The SMILES string of the molecule is CC(C)Cc1nnnn1-c1ccccc1. The molecule has 0 unspecified atom stereocenters. The largest absolute Gasteiger partial charge is 0.197 e. The summed E-state index contributed by atoms with van der Waals surface area (Å²) in [4.78, 5) is 0. The molecule has 1 aromatic carbocycles. The van der Waals surface area contributed by atoms with Crippen molar-refractivity contribution in [1.82, 2.24) is 20.2 Å². The molecular weight excluding hydrogens is 188 g/mol. The molecule has 0 saturated carbocycles. The van der Waals surface area contributed by atoms with Crippen molar-refractivity contribution >= 4 is 0 Å². The number of hydrogen-bond acceptors (Lipinski definition) is 3. The Morgan fingerprint density at radius 1 is 1.20 bits per heavy atom. The number of nitrogens with zero attached hydrogens (tertiary/aromatic N) is 4. The minimum Gasteiger partial charge on any atom is -0.197 e. The molecule has 15 heavy (non-hydrogen) atoms. The van der Waals surface area contributed by atoms with Gasteiger partial charge in [0.15, 0.2) is 5.82 Å². The van der Waals surface area contributed by atoms with Gasteiger partial charge in [-0.25, -0.2) is 0 Å². The van der Waals surface area contributed by atoms with Gasteiger partial charge in [-0.15, -0.1) is 5.10 Å². The summed E-state index contributed by atoms with van der Waals surface area (Å²) < 4.78 is 1.79. The average Bonchev–Trinajstić information content (AvgIpc) is 2.66. The van der Waals surface area contributed by atoms with Crippen LogP contribution in [0.5, 0.6) is 0 Å². The first kappa shape index (κ1) is 9.83. The van der Waals surface area contributed by atoms with Crippen LogP contribution in [-0.4, -0.2) is 20.2 Å². The highest BCUT2D eigenvalue weighted by Crippen LogP contribution is 2.10. The van der Waals surface area contributed by atoms with Crippen molar-refractivity contribution in [3.8, 4) is 5.69 Å². The normalized spacial score (nSPS) is 10.9. The molecule has 0 radical (unpaired) electrons. The van der Waals surface area contributed by atoms with Crippen molar-refractivity contribution in [1.29, 1.82) is 0 Å². The van der Waals surface area contributed by atoms with E-state index in [1.807, 2.05) is 30.3 Å². The minimum absolute atomic E-state index is 0.554. The summed E-state index contributed by atoms with van der Waals surface area (Å²) in [5.74, 6) is 1.47. The van der Waals surface area contributed by atoms with Crippen molar-refractivity contribution in [2.75, 3.05) is 0 Å². The van der Waals surface area contributed by atoms with Crippen LogP contribution in [0.4, 0.5) is 0 Å². The van der Waals surface area contributed by atoms with E-state index in [1.54, 1.807) is 4.68 Å². The van der Waals surface area contributed by atoms with E-state index < -0.39 is 0 Å². The molecule has 0 atom stereocenters. The number of tetrazole rings is 1. The Morgan fingerprint density at radius 3 is 2.60 bits per heavy atom. The average molecular weight is 202 g/mol. The summed E-state index contributed by atoms with van der Waals surface area (Å²) in [6, 6.07) is 9.95. The monoisotopic (exact) mass is 202 g/mol. The minimum atomic E-state index is 0.554. The van der Waals surface area contributed by atoms with Crippen LogP contribution in [0, 0.1) is 5.92 Å². The molecule has 0 saturated heterocycles. The first-order chi connectivity index (χ1) is 7.27. The van der Waals surface area contributed by atoms with Crippen LogP contribution in [0.15, 0.2) is 30.3 Å². The van der Waals surface area contributed by atoms with Gasteiger partial charge < -0.3 is 0 Å². The second-order valence-corrected chi connectivity index (χ2v) is 3.94. The van der Waals surface area contributed by atoms with E-state index in [4.69, 9.17) is 0 Å². The van der Waals surface area contributed by atoms with Gasteiger partial charge in [0.1, 0.15) is 0 Å². The predicted octanol–water partition coefficient (Wildman–Crippen LogP) is 1.86. The van der Waals surface area contributed by atoms with Crippen LogP contribution in [0.2, 0.25) is 0 Å². The Balaban J connectivity index is 2.33. The fourth-order valence-electron chi connectivity index (χ4n) is 1.47. The Hall–Kier alpha value is -1.71. The van der Waals surface area contributed by atoms with Crippen molar-refractivity contribution < 1.29 is 0 Å². The van der Waals surface area contributed by atoms with Crippen LogP contribution < -0.4 is 0 Å². The third-order valence-electron chi connectivity index (χ3n) is 2.13. The quantitative estimate of drug-likeness (QED) is 0.763. The Bertz CT molecular complexity index is 419. The molecule has 4 heteroatoms. The maximum atomic E-state index is 4.03. The highest BCUT2D eigenvalue weighted by atomic mass is 15.5. The summed E-state index contributed by atoms with van der Waals surface area (Å²) in [5.41, 5.74) is 1.01. The Labute approximate surface area is 88.9 Å². The number of para-hydroxylation sites is 1. The van der Waals surface area contributed by atoms with Gasteiger partial charge in [-0.1, -0.05) is 32.0 Å². The fourth-order valence-corrected chi connectivity index (χ4v) is 1.47. The molecular formula is C11H14N4. The molecule has 0 N–H and O–H groups in total. The van der Waals surface area contributed by atoms with E-state index in [1.165, 1.54) is 0 Å². The molecule has 2 rings (SSSR count). The van der Waals surface area contributed by atoms with E-state index >= 15 is 0 Å². The molecule has 4 nitrogen and oxygen atoms in total. The molecule has 0 aliphatic carbocycles. The van der Waals surface area contributed by atoms with Gasteiger partial charge in [-0.2, -0.15) is 4.68 Å². The highest BCUT2D eigenvalue weighted by molar-refractivity contribution is 5.30. The topological polar surface area (TPSA) is 43.6 Å². The van der Waals surface area contributed by atoms with E-state index in [9.17, 15) is 0 Å². The molecule has 0 spiro atoms. The first-order valence-electron chi connectivity index (χ1n) is 5.10. The standard InChI is InChI=1S/C11H14N4/c1-9(2)8-11-12-13-14-15(11)10-6-4-3-5-7-10/h3-7,9H,8H2,1-2H3. The van der Waals surface area contributed by atoms with Gasteiger partial charge in [0.05, 0.1) is 5.69 Å². The van der Waals surface area contributed by atoms with Gasteiger partial charge in [-0.05, 0) is 28.5 Å². The van der Waals surface area contributed by atoms with Crippen LogP contribution >= 0.6 is 0 Å². The Morgan fingerprint density at radius 2 is 1.93 bits per heavy atom. The zero-order valence-corrected chi connectivity index (χ0v) is 8.96. The van der Waals surface area contributed by atoms with Crippen LogP contribution in [0.25, 0.3) is 5.69 Å². The molecule has 0 aliphatic heterocycles. The maximum absolute atomic E-state index is 4.03. The highest BCUT2D eigenvalue weighted by Gasteiger charge is 2.08. The number of benzene rings is 1. The molecule has 0 aliphatic rings. The second kappa shape index (κ2) is 4.21. The van der Waals surface area contributed by atoms with Gasteiger partial charge in [-0.3, -0.25) is 0 Å². The zero-order valence-electron chi connectivity index (χ0n) is 8.96. The van der Waals surface area contributed by atoms with E-state index in [-0.39, 0.29) is 0 Å².